The Balaban J connectivity index is 2.59. The highest BCUT2D eigenvalue weighted by atomic mass is 16.6. The number of carbonyl (C=O) groups is 3. The summed E-state index contributed by atoms with van der Waals surface area (Å²) < 4.78 is 5.46. The minimum atomic E-state index is -1.05. The van der Waals surface area contributed by atoms with Crippen molar-refractivity contribution in [3.8, 4) is 11.5 Å². The molecule has 3 amide bonds. The van der Waals surface area contributed by atoms with E-state index < -0.39 is 29.7 Å². The molecule has 2 rings (SSSR count). The Morgan fingerprint density at radius 1 is 0.975 bits per heavy atom. The van der Waals surface area contributed by atoms with E-state index in [1.54, 1.807) is 52.0 Å². The topological polar surface area (TPSA) is 128 Å². The van der Waals surface area contributed by atoms with Gasteiger partial charge in [-0.3, -0.25) is 9.59 Å². The number of phenolic OH excluding ortho intramolecular Hbond substituents is 2. The number of hydrogen-bond acceptors (Lipinski definition) is 6. The number of nitrogens with one attached hydrogen (secondary N) is 2. The Hall–Kier alpha value is -3.75. The molecule has 4 N–H and O–H groups in total. The number of alkyl carbamates (subject to hydrolysis) is 1. The number of nitrogens with zero attached hydrogens (tertiary/aromatic N) is 1. The molecule has 2 unspecified atom stereocenters. The van der Waals surface area contributed by atoms with Gasteiger partial charge in [0.05, 0.1) is 0 Å². The van der Waals surface area contributed by atoms with Gasteiger partial charge in [-0.25, -0.2) is 4.79 Å². The van der Waals surface area contributed by atoms with Crippen molar-refractivity contribution in [2.45, 2.75) is 97.9 Å². The lowest BCUT2D eigenvalue weighted by atomic mass is 9.98. The Morgan fingerprint density at radius 2 is 1.62 bits per heavy atom. The third-order valence-corrected chi connectivity index (χ3v) is 6.18. The second kappa shape index (κ2) is 14.6. The van der Waals surface area contributed by atoms with Crippen molar-refractivity contribution in [3.63, 3.8) is 0 Å². The standard InChI is InChI=1S/C31H45N3O6/c1-8-9-10-17-34(27(28(37)32-20(2)3)23-13-16-26(36)21(4)18-23)29(38)25(33-30(39)40-31(5,6)7)19-22-11-14-24(35)15-12-22/h11-16,18,20,25,27,35-36H,8-10,17,19H2,1-7H3,(H,32,37)(H,33,39). The minimum Gasteiger partial charge on any atom is -0.508 e. The van der Waals surface area contributed by atoms with Crippen LogP contribution in [0.25, 0.3) is 0 Å². The van der Waals surface area contributed by atoms with E-state index in [1.807, 2.05) is 13.8 Å². The van der Waals surface area contributed by atoms with Crippen LogP contribution >= 0.6 is 0 Å². The van der Waals surface area contributed by atoms with Crippen LogP contribution in [0.15, 0.2) is 42.5 Å². The van der Waals surface area contributed by atoms with E-state index in [0.717, 1.165) is 12.8 Å². The first-order chi connectivity index (χ1) is 18.7. The number of benzene rings is 2. The van der Waals surface area contributed by atoms with Crippen LogP contribution in [-0.2, 0) is 20.7 Å². The van der Waals surface area contributed by atoms with E-state index in [4.69, 9.17) is 4.74 Å². The molecule has 0 heterocycles. The van der Waals surface area contributed by atoms with Crippen LogP contribution in [0.4, 0.5) is 4.79 Å². The fourth-order valence-corrected chi connectivity index (χ4v) is 4.30. The van der Waals surface area contributed by atoms with Crippen LogP contribution < -0.4 is 10.6 Å². The lowest BCUT2D eigenvalue weighted by molar-refractivity contribution is -0.142. The van der Waals surface area contributed by atoms with Gasteiger partial charge < -0.3 is 30.5 Å². The predicted octanol–water partition coefficient (Wildman–Crippen LogP) is 5.13. The summed E-state index contributed by atoms with van der Waals surface area (Å²) in [4.78, 5) is 42.4. The highest BCUT2D eigenvalue weighted by Crippen LogP contribution is 2.28. The van der Waals surface area contributed by atoms with Gasteiger partial charge in [-0.15, -0.1) is 0 Å². The third-order valence-electron chi connectivity index (χ3n) is 6.18. The lowest BCUT2D eigenvalue weighted by Crippen LogP contribution is -2.54. The summed E-state index contributed by atoms with van der Waals surface area (Å²) in [6, 6.07) is 9.04. The number of amides is 3. The van der Waals surface area contributed by atoms with Crippen molar-refractivity contribution in [1.82, 2.24) is 15.5 Å². The van der Waals surface area contributed by atoms with Gasteiger partial charge in [0.1, 0.15) is 29.2 Å². The average molecular weight is 556 g/mol. The predicted molar refractivity (Wildman–Crippen MR) is 155 cm³/mol. The van der Waals surface area contributed by atoms with E-state index >= 15 is 0 Å². The molecule has 0 spiro atoms. The van der Waals surface area contributed by atoms with Gasteiger partial charge in [0.15, 0.2) is 0 Å². The molecule has 2 aromatic rings. The number of carbonyl (C=O) groups excluding carboxylic acids is 3. The van der Waals surface area contributed by atoms with Crippen LogP contribution in [-0.4, -0.2) is 57.3 Å². The largest absolute Gasteiger partial charge is 0.508 e. The molecular formula is C31H45N3O6. The van der Waals surface area contributed by atoms with Gasteiger partial charge in [0.2, 0.25) is 11.8 Å². The summed E-state index contributed by atoms with van der Waals surface area (Å²) in [5, 5.41) is 25.5. The highest BCUT2D eigenvalue weighted by Gasteiger charge is 2.36. The number of aromatic hydroxyl groups is 2. The van der Waals surface area contributed by atoms with E-state index in [2.05, 4.69) is 17.6 Å². The first-order valence-corrected chi connectivity index (χ1v) is 13.9. The number of rotatable bonds is 12. The molecule has 2 aromatic carbocycles. The fraction of sp³-hybridized carbons (Fsp3) is 0.516. The van der Waals surface area contributed by atoms with Crippen molar-refractivity contribution >= 4 is 17.9 Å². The van der Waals surface area contributed by atoms with Crippen LogP contribution in [0.2, 0.25) is 0 Å². The average Bonchev–Trinajstić information content (AvgIpc) is 2.84. The summed E-state index contributed by atoms with van der Waals surface area (Å²) in [6.07, 6.45) is 1.79. The van der Waals surface area contributed by atoms with Gasteiger partial charge in [0.25, 0.3) is 0 Å². The number of phenols is 2. The molecule has 9 heteroatoms. The number of unbranched alkanes of at least 4 members (excludes halogenated alkanes) is 2. The smallest absolute Gasteiger partial charge is 0.408 e. The molecule has 40 heavy (non-hydrogen) atoms. The van der Waals surface area contributed by atoms with Crippen LogP contribution in [0.3, 0.4) is 0 Å². The molecule has 9 nitrogen and oxygen atoms in total. The van der Waals surface area contributed by atoms with Crippen LogP contribution in [0.1, 0.15) is 83.5 Å². The summed E-state index contributed by atoms with van der Waals surface area (Å²) in [5.74, 6) is -0.622. The zero-order chi connectivity index (χ0) is 30.0. The zero-order valence-corrected chi connectivity index (χ0v) is 24.8. The van der Waals surface area contributed by atoms with Gasteiger partial charge >= 0.3 is 6.09 Å². The third kappa shape index (κ3) is 10.1. The normalized spacial score (nSPS) is 12.9. The molecule has 0 radical (unpaired) electrons. The number of aryl methyl sites for hydroxylation is 1. The summed E-state index contributed by atoms with van der Waals surface area (Å²) >= 11 is 0. The van der Waals surface area contributed by atoms with Crippen molar-refractivity contribution in [2.24, 2.45) is 0 Å². The Labute approximate surface area is 237 Å². The molecular weight excluding hydrogens is 510 g/mol. The summed E-state index contributed by atoms with van der Waals surface area (Å²) in [5.41, 5.74) is 1.07. The first-order valence-electron chi connectivity index (χ1n) is 13.9. The van der Waals surface area contributed by atoms with Crippen molar-refractivity contribution < 1.29 is 29.3 Å². The molecule has 220 valence electrons. The molecule has 0 aliphatic rings. The Kier molecular flexibility index (Phi) is 11.8. The van der Waals surface area contributed by atoms with E-state index in [1.165, 1.54) is 23.1 Å². The monoisotopic (exact) mass is 555 g/mol. The molecule has 0 aromatic heterocycles. The van der Waals surface area contributed by atoms with Gasteiger partial charge in [0, 0.05) is 19.0 Å². The summed E-state index contributed by atoms with van der Waals surface area (Å²) in [6.45, 7) is 13.0. The highest BCUT2D eigenvalue weighted by molar-refractivity contribution is 5.92. The van der Waals surface area contributed by atoms with Gasteiger partial charge in [-0.05, 0) is 88.9 Å². The van der Waals surface area contributed by atoms with Crippen molar-refractivity contribution in [1.29, 1.82) is 0 Å². The molecule has 0 bridgehead atoms. The van der Waals surface area contributed by atoms with Crippen LogP contribution in [0.5, 0.6) is 11.5 Å². The lowest BCUT2D eigenvalue weighted by Gasteiger charge is -2.35. The summed E-state index contributed by atoms with van der Waals surface area (Å²) in [7, 11) is 0. The quantitative estimate of drug-likeness (QED) is 0.269. The van der Waals surface area contributed by atoms with E-state index in [0.29, 0.717) is 23.1 Å². The maximum absolute atomic E-state index is 14.3. The Bertz CT molecular complexity index is 1140. The Morgan fingerprint density at radius 3 is 2.17 bits per heavy atom. The second-order valence-electron chi connectivity index (χ2n) is 11.4. The molecule has 2 atom stereocenters. The van der Waals surface area contributed by atoms with Gasteiger partial charge in [-0.2, -0.15) is 0 Å². The zero-order valence-electron chi connectivity index (χ0n) is 24.8. The SMILES string of the molecule is CCCCCN(C(=O)C(Cc1ccc(O)cc1)NC(=O)OC(C)(C)C)C(C(=O)NC(C)C)c1ccc(O)c(C)c1. The van der Waals surface area contributed by atoms with E-state index in [-0.39, 0.29) is 36.4 Å². The molecule has 0 saturated carbocycles. The van der Waals surface area contributed by atoms with Crippen LogP contribution in [0, 0.1) is 6.92 Å². The van der Waals surface area contributed by atoms with Crippen molar-refractivity contribution in [3.05, 3.63) is 59.2 Å². The fourth-order valence-electron chi connectivity index (χ4n) is 4.30. The minimum absolute atomic E-state index is 0.0843. The molecule has 0 fully saturated rings. The van der Waals surface area contributed by atoms with E-state index in [9.17, 15) is 24.6 Å². The molecule has 0 aliphatic heterocycles. The van der Waals surface area contributed by atoms with Crippen molar-refractivity contribution in [2.75, 3.05) is 6.54 Å². The number of ether oxygens (including phenoxy) is 1. The molecule has 0 saturated heterocycles. The molecule has 0 aliphatic carbocycles. The second-order valence-corrected chi connectivity index (χ2v) is 11.4. The first kappa shape index (κ1) is 32.5. The maximum atomic E-state index is 14.3. The number of hydrogen-bond donors (Lipinski definition) is 4. The maximum Gasteiger partial charge on any atom is 0.408 e. The van der Waals surface area contributed by atoms with Gasteiger partial charge in [-0.1, -0.05) is 38.0 Å².